The molecule has 0 aliphatic carbocycles. The number of rotatable bonds is 4. The number of hydrogen-bond donors (Lipinski definition) is 2. The van der Waals surface area contributed by atoms with E-state index in [1.54, 1.807) is 29.9 Å². The monoisotopic (exact) mass is 365 g/mol. The first kappa shape index (κ1) is 14.9. The SMILES string of the molecule is Cn1nc(Br)c2c(NC[C@@H](O)c3ccccc3F)ncnc21. The van der Waals surface area contributed by atoms with Crippen molar-refractivity contribution in [1.29, 1.82) is 0 Å². The summed E-state index contributed by atoms with van der Waals surface area (Å²) in [6.07, 6.45) is 0.426. The minimum Gasteiger partial charge on any atom is -0.386 e. The Bertz CT molecular complexity index is 822. The summed E-state index contributed by atoms with van der Waals surface area (Å²) in [7, 11) is 1.78. The van der Waals surface area contributed by atoms with Gasteiger partial charge in [-0.05, 0) is 22.0 Å². The van der Waals surface area contributed by atoms with Crippen LogP contribution in [0.3, 0.4) is 0 Å². The van der Waals surface area contributed by atoms with Crippen molar-refractivity contribution in [1.82, 2.24) is 19.7 Å². The molecule has 0 fully saturated rings. The second kappa shape index (κ2) is 5.98. The Labute approximate surface area is 134 Å². The van der Waals surface area contributed by atoms with Crippen LogP contribution < -0.4 is 5.32 Å². The summed E-state index contributed by atoms with van der Waals surface area (Å²) < 4.78 is 15.9. The summed E-state index contributed by atoms with van der Waals surface area (Å²) in [5.41, 5.74) is 0.898. The van der Waals surface area contributed by atoms with E-state index >= 15 is 0 Å². The van der Waals surface area contributed by atoms with Crippen molar-refractivity contribution in [3.63, 3.8) is 0 Å². The van der Waals surface area contributed by atoms with Gasteiger partial charge in [0.25, 0.3) is 0 Å². The number of hydrogen-bond acceptors (Lipinski definition) is 5. The number of aryl methyl sites for hydroxylation is 1. The maximum absolute atomic E-state index is 13.7. The molecular formula is C14H13BrFN5O. The molecule has 3 rings (SSSR count). The molecule has 0 saturated carbocycles. The predicted molar refractivity (Wildman–Crippen MR) is 83.9 cm³/mol. The van der Waals surface area contributed by atoms with Crippen molar-refractivity contribution >= 4 is 32.8 Å². The summed E-state index contributed by atoms with van der Waals surface area (Å²) in [5.74, 6) is 0.0903. The van der Waals surface area contributed by atoms with Gasteiger partial charge in [-0.3, -0.25) is 0 Å². The Morgan fingerprint density at radius 1 is 1.36 bits per heavy atom. The third kappa shape index (κ3) is 2.67. The molecule has 0 aliphatic rings. The van der Waals surface area contributed by atoms with Gasteiger partial charge in [0.1, 0.15) is 22.6 Å². The number of fused-ring (bicyclic) bond motifs is 1. The highest BCUT2D eigenvalue weighted by atomic mass is 79.9. The molecule has 3 aromatic rings. The summed E-state index contributed by atoms with van der Waals surface area (Å²) in [5, 5.41) is 18.1. The summed E-state index contributed by atoms with van der Waals surface area (Å²) in [6.45, 7) is 0.119. The number of aliphatic hydroxyl groups excluding tert-OH is 1. The van der Waals surface area contributed by atoms with E-state index in [9.17, 15) is 9.50 Å². The first-order valence-electron chi connectivity index (χ1n) is 6.57. The van der Waals surface area contributed by atoms with Crippen LogP contribution in [0.4, 0.5) is 10.2 Å². The zero-order valence-corrected chi connectivity index (χ0v) is 13.2. The van der Waals surface area contributed by atoms with Crippen molar-refractivity contribution in [3.05, 3.63) is 46.6 Å². The molecule has 0 unspecified atom stereocenters. The van der Waals surface area contributed by atoms with Crippen LogP contribution in [0.2, 0.25) is 0 Å². The van der Waals surface area contributed by atoms with E-state index in [4.69, 9.17) is 0 Å². The molecule has 8 heteroatoms. The van der Waals surface area contributed by atoms with Gasteiger partial charge < -0.3 is 10.4 Å². The first-order valence-corrected chi connectivity index (χ1v) is 7.37. The highest BCUT2D eigenvalue weighted by Crippen LogP contribution is 2.27. The van der Waals surface area contributed by atoms with Gasteiger partial charge in [-0.15, -0.1) is 0 Å². The zero-order valence-electron chi connectivity index (χ0n) is 11.7. The van der Waals surface area contributed by atoms with Crippen molar-refractivity contribution in [2.75, 3.05) is 11.9 Å². The van der Waals surface area contributed by atoms with Crippen LogP contribution in [0.1, 0.15) is 11.7 Å². The fraction of sp³-hybridized carbons (Fsp3) is 0.214. The Kier molecular flexibility index (Phi) is 4.04. The lowest BCUT2D eigenvalue weighted by Crippen LogP contribution is -2.14. The topological polar surface area (TPSA) is 75.9 Å². The van der Waals surface area contributed by atoms with Crippen LogP contribution in [-0.4, -0.2) is 31.4 Å². The molecule has 22 heavy (non-hydrogen) atoms. The van der Waals surface area contributed by atoms with Crippen LogP contribution >= 0.6 is 15.9 Å². The minimum atomic E-state index is -0.985. The van der Waals surface area contributed by atoms with Gasteiger partial charge in [-0.1, -0.05) is 18.2 Å². The summed E-state index contributed by atoms with van der Waals surface area (Å²) >= 11 is 3.36. The highest BCUT2D eigenvalue weighted by molar-refractivity contribution is 9.10. The maximum Gasteiger partial charge on any atom is 0.164 e. The lowest BCUT2D eigenvalue weighted by Gasteiger charge is -2.13. The van der Waals surface area contributed by atoms with E-state index in [0.717, 1.165) is 0 Å². The number of benzene rings is 1. The van der Waals surface area contributed by atoms with Gasteiger partial charge >= 0.3 is 0 Å². The zero-order chi connectivity index (χ0) is 15.7. The molecule has 0 spiro atoms. The molecule has 0 radical (unpaired) electrons. The van der Waals surface area contributed by atoms with Crippen LogP contribution in [0, 0.1) is 5.82 Å². The van der Waals surface area contributed by atoms with Gasteiger partial charge in [0, 0.05) is 19.2 Å². The van der Waals surface area contributed by atoms with E-state index in [1.807, 2.05) is 0 Å². The van der Waals surface area contributed by atoms with Gasteiger partial charge in [-0.25, -0.2) is 19.0 Å². The molecule has 0 saturated heterocycles. The highest BCUT2D eigenvalue weighted by Gasteiger charge is 2.16. The second-order valence-corrected chi connectivity index (χ2v) is 5.50. The van der Waals surface area contributed by atoms with Crippen LogP contribution in [0.25, 0.3) is 11.0 Å². The van der Waals surface area contributed by atoms with Crippen molar-refractivity contribution < 1.29 is 9.50 Å². The third-order valence-corrected chi connectivity index (χ3v) is 3.86. The fourth-order valence-electron chi connectivity index (χ4n) is 2.22. The number of nitrogens with zero attached hydrogens (tertiary/aromatic N) is 4. The fourth-order valence-corrected chi connectivity index (χ4v) is 2.83. The van der Waals surface area contributed by atoms with Gasteiger partial charge in [-0.2, -0.15) is 5.10 Å². The molecule has 6 nitrogen and oxygen atoms in total. The third-order valence-electron chi connectivity index (χ3n) is 3.30. The molecule has 0 bridgehead atoms. The molecule has 2 heterocycles. The van der Waals surface area contributed by atoms with Gasteiger partial charge in [0.2, 0.25) is 0 Å². The Morgan fingerprint density at radius 2 is 2.14 bits per heavy atom. The van der Waals surface area contributed by atoms with E-state index in [-0.39, 0.29) is 12.1 Å². The summed E-state index contributed by atoms with van der Waals surface area (Å²) in [4.78, 5) is 8.32. The molecule has 0 aliphatic heterocycles. The van der Waals surface area contributed by atoms with E-state index < -0.39 is 11.9 Å². The smallest absolute Gasteiger partial charge is 0.164 e. The molecule has 1 atom stereocenters. The maximum atomic E-state index is 13.7. The summed E-state index contributed by atoms with van der Waals surface area (Å²) in [6, 6.07) is 6.14. The largest absolute Gasteiger partial charge is 0.386 e. The Hall–Kier alpha value is -2.06. The quantitative estimate of drug-likeness (QED) is 0.742. The molecule has 114 valence electrons. The number of aliphatic hydroxyl groups is 1. The Morgan fingerprint density at radius 3 is 2.91 bits per heavy atom. The van der Waals surface area contributed by atoms with Gasteiger partial charge in [0.05, 0.1) is 11.5 Å². The normalized spacial score (nSPS) is 12.5. The average molecular weight is 366 g/mol. The van der Waals surface area contributed by atoms with E-state index in [1.165, 1.54) is 12.4 Å². The number of halogens is 2. The Balaban J connectivity index is 1.84. The molecular weight excluding hydrogens is 353 g/mol. The predicted octanol–water partition coefficient (Wildman–Crippen LogP) is 2.41. The van der Waals surface area contributed by atoms with Gasteiger partial charge in [0.15, 0.2) is 5.65 Å². The van der Waals surface area contributed by atoms with Crippen molar-refractivity contribution in [2.24, 2.45) is 7.05 Å². The van der Waals surface area contributed by atoms with E-state index in [0.29, 0.717) is 21.5 Å². The van der Waals surface area contributed by atoms with Crippen molar-refractivity contribution in [2.45, 2.75) is 6.10 Å². The standard InChI is InChI=1S/C14H13BrFN5O/c1-21-14-11(12(15)20-21)13(18-7-19-14)17-6-10(22)8-4-2-3-5-9(8)16/h2-5,7,10,22H,6H2,1H3,(H,17,18,19)/t10-/m1/s1. The molecule has 2 aromatic heterocycles. The van der Waals surface area contributed by atoms with Crippen molar-refractivity contribution in [3.8, 4) is 0 Å². The molecule has 0 amide bonds. The molecule has 1 aromatic carbocycles. The lowest BCUT2D eigenvalue weighted by atomic mass is 10.1. The minimum absolute atomic E-state index is 0.119. The first-order chi connectivity index (χ1) is 10.6. The van der Waals surface area contributed by atoms with E-state index in [2.05, 4.69) is 36.3 Å². The number of aromatic nitrogens is 4. The molecule has 2 N–H and O–H groups in total. The lowest BCUT2D eigenvalue weighted by molar-refractivity contribution is 0.186. The van der Waals surface area contributed by atoms with Crippen LogP contribution in [0.5, 0.6) is 0 Å². The van der Waals surface area contributed by atoms with Crippen LogP contribution in [0.15, 0.2) is 35.2 Å². The number of anilines is 1. The van der Waals surface area contributed by atoms with Crippen LogP contribution in [-0.2, 0) is 7.05 Å². The second-order valence-electron chi connectivity index (χ2n) is 4.75. The average Bonchev–Trinajstić information content (AvgIpc) is 2.81. The number of nitrogens with one attached hydrogen (secondary N) is 1.